The number of phenols is 1. The van der Waals surface area contributed by atoms with Crippen LogP contribution in [0.4, 0.5) is 0 Å². The van der Waals surface area contributed by atoms with Crippen molar-refractivity contribution in [2.45, 2.75) is 25.7 Å². The first kappa shape index (κ1) is 28.4. The van der Waals surface area contributed by atoms with Crippen LogP contribution >= 0.6 is 0 Å². The number of phenolic OH excluding ortho intramolecular Hbond substituents is 1. The lowest BCUT2D eigenvalue weighted by Crippen LogP contribution is -2.38. The molecule has 9 nitrogen and oxygen atoms in total. The van der Waals surface area contributed by atoms with E-state index < -0.39 is 10.0 Å². The Labute approximate surface area is 240 Å². The number of likely N-dealkylation sites (N-methyl/N-ethyl adjacent to an activating group) is 2. The molecule has 0 saturated heterocycles. The van der Waals surface area contributed by atoms with E-state index in [-0.39, 0.29) is 10.6 Å². The van der Waals surface area contributed by atoms with Gasteiger partial charge in [-0.15, -0.1) is 0 Å². The van der Waals surface area contributed by atoms with E-state index in [0.29, 0.717) is 42.2 Å². The first-order valence-corrected chi connectivity index (χ1v) is 15.2. The second-order valence-electron chi connectivity index (χ2n) is 9.63. The first-order chi connectivity index (χ1) is 19.9. The minimum absolute atomic E-state index is 0.137. The van der Waals surface area contributed by atoms with Crippen molar-refractivity contribution in [2.75, 3.05) is 32.7 Å². The summed E-state index contributed by atoms with van der Waals surface area (Å²) < 4.78 is 30.7. The number of fused-ring (bicyclic) bond motifs is 1. The Morgan fingerprint density at radius 1 is 0.805 bits per heavy atom. The molecule has 0 aliphatic rings. The normalized spacial score (nSPS) is 12.0. The van der Waals surface area contributed by atoms with Gasteiger partial charge in [-0.2, -0.15) is 9.40 Å². The molecule has 0 bridgehead atoms. The maximum absolute atomic E-state index is 13.7. The van der Waals surface area contributed by atoms with Gasteiger partial charge in [0.2, 0.25) is 10.0 Å². The van der Waals surface area contributed by atoms with E-state index in [1.54, 1.807) is 59.5 Å². The van der Waals surface area contributed by atoms with Gasteiger partial charge in [-0.05, 0) is 61.1 Å². The molecule has 1 N–H and O–H groups in total. The van der Waals surface area contributed by atoms with Crippen LogP contribution in [0.5, 0.6) is 5.75 Å². The van der Waals surface area contributed by atoms with E-state index in [2.05, 4.69) is 28.7 Å². The Hall–Kier alpha value is -4.12. The van der Waals surface area contributed by atoms with Crippen molar-refractivity contribution in [3.63, 3.8) is 0 Å². The molecule has 5 rings (SSSR count). The summed E-state index contributed by atoms with van der Waals surface area (Å²) in [4.78, 5) is 11.2. The van der Waals surface area contributed by atoms with Crippen molar-refractivity contribution in [3.05, 3.63) is 85.3 Å². The lowest BCUT2D eigenvalue weighted by molar-refractivity contribution is 0.274. The van der Waals surface area contributed by atoms with Gasteiger partial charge in [0.1, 0.15) is 11.4 Å². The maximum atomic E-state index is 13.7. The first-order valence-electron chi connectivity index (χ1n) is 13.8. The summed E-state index contributed by atoms with van der Waals surface area (Å²) in [6.45, 7) is 9.25. The smallest absolute Gasteiger partial charge is 0.243 e. The third-order valence-electron chi connectivity index (χ3n) is 7.29. The zero-order valence-corrected chi connectivity index (χ0v) is 24.3. The zero-order valence-electron chi connectivity index (χ0n) is 23.5. The van der Waals surface area contributed by atoms with Crippen LogP contribution in [-0.2, 0) is 10.0 Å². The molecule has 0 fully saturated rings. The molecule has 0 aliphatic heterocycles. The largest absolute Gasteiger partial charge is 0.508 e. The molecule has 212 valence electrons. The molecule has 0 spiro atoms. The molecule has 0 unspecified atom stereocenters. The molecule has 10 heteroatoms. The number of nitrogens with zero attached hydrogens (tertiary/aromatic N) is 6. The average molecular weight is 571 g/mol. The maximum Gasteiger partial charge on any atom is 0.243 e. The van der Waals surface area contributed by atoms with Gasteiger partial charge >= 0.3 is 0 Å². The molecule has 3 aromatic heterocycles. The Bertz CT molecular complexity index is 1750. The molecular weight excluding hydrogens is 536 g/mol. The highest BCUT2D eigenvalue weighted by Gasteiger charge is 2.25. The van der Waals surface area contributed by atoms with Gasteiger partial charge in [0.15, 0.2) is 5.65 Å². The molecule has 0 saturated carbocycles. The lowest BCUT2D eigenvalue weighted by atomic mass is 10.0. The summed E-state index contributed by atoms with van der Waals surface area (Å²) in [5.74, 6) is 0.137. The van der Waals surface area contributed by atoms with Crippen LogP contribution in [-0.4, -0.2) is 75.0 Å². The number of hydrogen-bond donors (Lipinski definition) is 1. The fourth-order valence-electron chi connectivity index (χ4n) is 5.01. The molecule has 0 atom stereocenters. The average Bonchev–Trinajstić information content (AvgIpc) is 3.40. The van der Waals surface area contributed by atoms with Crippen LogP contribution in [0.2, 0.25) is 0 Å². The number of sulfonamides is 1. The minimum Gasteiger partial charge on any atom is -0.508 e. The van der Waals surface area contributed by atoms with Crippen LogP contribution in [0.3, 0.4) is 0 Å². The van der Waals surface area contributed by atoms with Crippen molar-refractivity contribution < 1.29 is 13.5 Å². The van der Waals surface area contributed by atoms with Crippen LogP contribution < -0.4 is 0 Å². The van der Waals surface area contributed by atoms with Crippen molar-refractivity contribution in [2.24, 2.45) is 0 Å². The van der Waals surface area contributed by atoms with Gasteiger partial charge < -0.3 is 10.0 Å². The molecule has 2 aromatic carbocycles. The fourth-order valence-corrected chi connectivity index (χ4v) is 6.50. The second-order valence-corrected chi connectivity index (χ2v) is 11.6. The van der Waals surface area contributed by atoms with Gasteiger partial charge in [-0.1, -0.05) is 45.0 Å². The Balaban J connectivity index is 1.62. The molecule has 3 heterocycles. The molecular formula is C31H34N6O3S. The topological polar surface area (TPSA) is 104 Å². The van der Waals surface area contributed by atoms with Gasteiger partial charge in [-0.3, -0.25) is 4.98 Å². The number of aromatic hydroxyl groups is 1. The molecule has 0 aliphatic carbocycles. The van der Waals surface area contributed by atoms with Crippen LogP contribution in [0.1, 0.15) is 20.8 Å². The molecule has 5 aromatic rings. The number of rotatable bonds is 11. The lowest BCUT2D eigenvalue weighted by Gasteiger charge is -2.25. The predicted molar refractivity (Wildman–Crippen MR) is 161 cm³/mol. The number of pyridine rings is 1. The van der Waals surface area contributed by atoms with Gasteiger partial charge in [0.05, 0.1) is 16.2 Å². The number of aromatic nitrogens is 4. The number of hydrogen-bond acceptors (Lipinski definition) is 7. The Morgan fingerprint density at radius 3 is 2.24 bits per heavy atom. The highest BCUT2D eigenvalue weighted by Crippen LogP contribution is 2.37. The second kappa shape index (κ2) is 12.2. The van der Waals surface area contributed by atoms with Gasteiger partial charge in [0.25, 0.3) is 0 Å². The highest BCUT2D eigenvalue weighted by atomic mass is 32.2. The van der Waals surface area contributed by atoms with E-state index in [0.717, 1.165) is 29.8 Å². The monoisotopic (exact) mass is 570 g/mol. The van der Waals surface area contributed by atoms with E-state index in [1.165, 1.54) is 4.31 Å². The zero-order chi connectivity index (χ0) is 29.0. The van der Waals surface area contributed by atoms with Gasteiger partial charge in [-0.25, -0.2) is 17.9 Å². The standard InChI is InChI=1S/C31H34N6O3S/c1-4-35(5-2)19-20-36(6-3)41(39,40)27-12-8-9-24(22-27)28-15-18-33-31-29(25-10-7-11-26(38)21-25)30(34-37(28)31)23-13-16-32-17-14-23/h7-18,21-22,38H,4-6,19-20H2,1-3H3. The van der Waals surface area contributed by atoms with E-state index in [1.807, 2.05) is 37.3 Å². The fraction of sp³-hybridized carbons (Fsp3) is 0.258. The Kier molecular flexibility index (Phi) is 8.44. The molecule has 41 heavy (non-hydrogen) atoms. The predicted octanol–water partition coefficient (Wildman–Crippen LogP) is 5.18. The Morgan fingerprint density at radius 2 is 1.54 bits per heavy atom. The number of benzene rings is 2. The summed E-state index contributed by atoms with van der Waals surface area (Å²) in [5.41, 5.74) is 5.02. The van der Waals surface area contributed by atoms with Crippen molar-refractivity contribution in [1.29, 1.82) is 0 Å². The third-order valence-corrected chi connectivity index (χ3v) is 9.26. The van der Waals surface area contributed by atoms with Crippen molar-refractivity contribution >= 4 is 15.7 Å². The SMILES string of the molecule is CCN(CC)CCN(CC)S(=O)(=O)c1cccc(-c2ccnc3c(-c4cccc(O)c4)c(-c4ccncc4)nn23)c1. The van der Waals surface area contributed by atoms with Gasteiger partial charge in [0, 0.05) is 49.4 Å². The van der Waals surface area contributed by atoms with E-state index in [9.17, 15) is 13.5 Å². The van der Waals surface area contributed by atoms with Crippen LogP contribution in [0, 0.1) is 0 Å². The highest BCUT2D eigenvalue weighted by molar-refractivity contribution is 7.89. The van der Waals surface area contributed by atoms with Crippen LogP contribution in [0.25, 0.3) is 39.3 Å². The summed E-state index contributed by atoms with van der Waals surface area (Å²) in [6, 6.07) is 19.5. The molecule has 0 radical (unpaired) electrons. The minimum atomic E-state index is -3.71. The summed E-state index contributed by atoms with van der Waals surface area (Å²) >= 11 is 0. The third kappa shape index (κ3) is 5.72. The quantitative estimate of drug-likeness (QED) is 0.233. The van der Waals surface area contributed by atoms with E-state index >= 15 is 0 Å². The van der Waals surface area contributed by atoms with Crippen LogP contribution in [0.15, 0.2) is 90.2 Å². The van der Waals surface area contributed by atoms with E-state index in [4.69, 9.17) is 5.10 Å². The van der Waals surface area contributed by atoms with Crippen molar-refractivity contribution in [3.8, 4) is 39.4 Å². The summed E-state index contributed by atoms with van der Waals surface area (Å²) in [7, 11) is -3.71. The van der Waals surface area contributed by atoms with Crippen molar-refractivity contribution in [1.82, 2.24) is 28.8 Å². The molecule has 0 amide bonds. The summed E-state index contributed by atoms with van der Waals surface area (Å²) in [6.07, 6.45) is 5.10. The summed E-state index contributed by atoms with van der Waals surface area (Å²) in [5, 5.41) is 15.2.